The Morgan fingerprint density at radius 1 is 1.50 bits per heavy atom. The van der Waals surface area contributed by atoms with Crippen molar-refractivity contribution in [3.8, 4) is 5.75 Å². The number of fused-ring (bicyclic) bond motifs is 1. The van der Waals surface area contributed by atoms with Crippen molar-refractivity contribution in [2.75, 3.05) is 7.11 Å². The van der Waals surface area contributed by atoms with Gasteiger partial charge in [-0.25, -0.2) is 10.5 Å². The van der Waals surface area contributed by atoms with Crippen molar-refractivity contribution < 1.29 is 14.7 Å². The van der Waals surface area contributed by atoms with E-state index in [9.17, 15) is 4.79 Å². The fourth-order valence-corrected chi connectivity index (χ4v) is 2.10. The van der Waals surface area contributed by atoms with E-state index >= 15 is 0 Å². The lowest BCUT2D eigenvalue weighted by Crippen LogP contribution is -2.20. The Hall–Kier alpha value is -1.85. The summed E-state index contributed by atoms with van der Waals surface area (Å²) >= 11 is 6.11. The van der Waals surface area contributed by atoms with E-state index in [1.54, 1.807) is 23.7 Å². The van der Waals surface area contributed by atoms with Crippen LogP contribution in [0.3, 0.4) is 0 Å². The quantitative estimate of drug-likeness (QED) is 0.646. The number of carbonyl (C=O) groups excluding carboxylic acids is 1. The van der Waals surface area contributed by atoms with Crippen molar-refractivity contribution in [1.29, 1.82) is 0 Å². The second-order valence-corrected chi connectivity index (χ2v) is 4.15. The molecule has 94 valence electrons. The second-order valence-electron chi connectivity index (χ2n) is 3.74. The van der Waals surface area contributed by atoms with Crippen molar-refractivity contribution in [2.45, 2.75) is 6.92 Å². The van der Waals surface area contributed by atoms with Gasteiger partial charge in [0.25, 0.3) is 5.91 Å². The number of nitrogens with zero attached hydrogens (tertiary/aromatic N) is 1. The predicted octanol–water partition coefficient (Wildman–Crippen LogP) is 2.32. The summed E-state index contributed by atoms with van der Waals surface area (Å²) in [6, 6.07) is 4.94. The maximum Gasteiger partial charge on any atom is 0.293 e. The molecule has 0 fully saturated rings. The largest absolute Gasteiger partial charge is 0.494 e. The van der Waals surface area contributed by atoms with Crippen LogP contribution >= 0.6 is 11.6 Å². The molecule has 1 heterocycles. The van der Waals surface area contributed by atoms with Crippen LogP contribution in [0.4, 0.5) is 0 Å². The number of hydroxylamine groups is 1. The number of benzene rings is 1. The highest BCUT2D eigenvalue weighted by Gasteiger charge is 2.14. The van der Waals surface area contributed by atoms with E-state index in [0.717, 1.165) is 10.9 Å². The number of nitrogens with one attached hydrogen (secondary N) is 1. The molecule has 0 aliphatic carbocycles. The Morgan fingerprint density at radius 3 is 2.83 bits per heavy atom. The van der Waals surface area contributed by atoms with Gasteiger partial charge in [0.2, 0.25) is 0 Å². The first kappa shape index (κ1) is 12.6. The van der Waals surface area contributed by atoms with Crippen LogP contribution in [0.5, 0.6) is 5.75 Å². The zero-order valence-corrected chi connectivity index (χ0v) is 10.6. The first-order valence-electron chi connectivity index (χ1n) is 5.16. The number of ether oxygens (including phenoxy) is 1. The van der Waals surface area contributed by atoms with E-state index < -0.39 is 5.91 Å². The summed E-state index contributed by atoms with van der Waals surface area (Å²) in [5.41, 5.74) is 2.92. The van der Waals surface area contributed by atoms with Gasteiger partial charge in [0.05, 0.1) is 12.1 Å². The van der Waals surface area contributed by atoms with E-state index in [-0.39, 0.29) is 5.69 Å². The zero-order chi connectivity index (χ0) is 13.3. The van der Waals surface area contributed by atoms with Gasteiger partial charge >= 0.3 is 0 Å². The van der Waals surface area contributed by atoms with E-state index in [0.29, 0.717) is 16.3 Å². The molecule has 18 heavy (non-hydrogen) atoms. The third-order valence-corrected chi connectivity index (χ3v) is 2.94. The summed E-state index contributed by atoms with van der Waals surface area (Å²) in [6.45, 7) is 1.81. The third kappa shape index (κ3) is 1.98. The summed E-state index contributed by atoms with van der Waals surface area (Å²) in [7, 11) is 1.51. The molecule has 0 spiro atoms. The number of hydrogen-bond acceptors (Lipinski definition) is 4. The predicted molar refractivity (Wildman–Crippen MR) is 67.3 cm³/mol. The Kier molecular flexibility index (Phi) is 3.36. The van der Waals surface area contributed by atoms with Gasteiger partial charge in [-0.3, -0.25) is 10.0 Å². The minimum atomic E-state index is -0.679. The lowest BCUT2D eigenvalue weighted by Gasteiger charge is -2.10. The van der Waals surface area contributed by atoms with Crippen molar-refractivity contribution in [3.63, 3.8) is 0 Å². The van der Waals surface area contributed by atoms with Crippen LogP contribution in [-0.4, -0.2) is 23.2 Å². The first-order chi connectivity index (χ1) is 8.58. The summed E-state index contributed by atoms with van der Waals surface area (Å²) in [5.74, 6) is -0.160. The molecule has 2 N–H and O–H groups in total. The Bertz CT molecular complexity index is 628. The van der Waals surface area contributed by atoms with Crippen molar-refractivity contribution in [3.05, 3.63) is 34.5 Å². The first-order valence-corrected chi connectivity index (χ1v) is 5.54. The van der Waals surface area contributed by atoms with Crippen molar-refractivity contribution in [2.24, 2.45) is 0 Å². The summed E-state index contributed by atoms with van der Waals surface area (Å²) in [6.07, 6.45) is 0. The van der Waals surface area contributed by atoms with E-state index in [1.165, 1.54) is 7.11 Å². The molecule has 2 rings (SSSR count). The van der Waals surface area contributed by atoms with Crippen LogP contribution in [0.1, 0.15) is 16.1 Å². The molecular formula is C12H11ClN2O3. The van der Waals surface area contributed by atoms with Crippen LogP contribution < -0.4 is 10.2 Å². The Morgan fingerprint density at radius 2 is 2.22 bits per heavy atom. The molecule has 0 aliphatic heterocycles. The van der Waals surface area contributed by atoms with Gasteiger partial charge in [-0.2, -0.15) is 0 Å². The Balaban J connectivity index is 2.81. The molecule has 0 saturated heterocycles. The van der Waals surface area contributed by atoms with Crippen LogP contribution in [0.25, 0.3) is 10.9 Å². The van der Waals surface area contributed by atoms with Gasteiger partial charge in [-0.05, 0) is 30.7 Å². The maximum atomic E-state index is 11.4. The van der Waals surface area contributed by atoms with Crippen molar-refractivity contribution >= 4 is 28.4 Å². The summed E-state index contributed by atoms with van der Waals surface area (Å²) in [5, 5.41) is 9.90. The standard InChI is InChI=1S/C12H11ClN2O3/c1-6-5-8(12(16)15-17)14-11-9(18-2)4-3-7(13)10(6)11/h3-5,17H,1-2H3,(H,15,16). The minimum absolute atomic E-state index is 0.100. The molecule has 1 amide bonds. The SMILES string of the molecule is COc1ccc(Cl)c2c(C)cc(C(=O)NO)nc12. The van der Waals surface area contributed by atoms with Crippen LogP contribution in [-0.2, 0) is 0 Å². The number of halogens is 1. The number of hydrogen-bond donors (Lipinski definition) is 2. The molecule has 0 unspecified atom stereocenters. The zero-order valence-electron chi connectivity index (χ0n) is 9.82. The highest BCUT2D eigenvalue weighted by atomic mass is 35.5. The van der Waals surface area contributed by atoms with Gasteiger partial charge in [-0.15, -0.1) is 0 Å². The molecule has 0 atom stereocenters. The lowest BCUT2D eigenvalue weighted by atomic mass is 10.1. The van der Waals surface area contributed by atoms with Gasteiger partial charge < -0.3 is 4.74 Å². The van der Waals surface area contributed by atoms with E-state index in [4.69, 9.17) is 21.5 Å². The van der Waals surface area contributed by atoms with Crippen LogP contribution in [0.15, 0.2) is 18.2 Å². The number of aryl methyl sites for hydroxylation is 1. The van der Waals surface area contributed by atoms with Crippen LogP contribution in [0.2, 0.25) is 5.02 Å². The number of aromatic nitrogens is 1. The smallest absolute Gasteiger partial charge is 0.293 e. The topological polar surface area (TPSA) is 71.5 Å². The molecule has 0 bridgehead atoms. The number of carbonyl (C=O) groups is 1. The number of methoxy groups -OCH3 is 1. The Labute approximate surface area is 108 Å². The molecule has 0 saturated carbocycles. The second kappa shape index (κ2) is 4.80. The monoisotopic (exact) mass is 266 g/mol. The van der Waals surface area contributed by atoms with Gasteiger partial charge in [0.1, 0.15) is 17.0 Å². The summed E-state index contributed by atoms with van der Waals surface area (Å²) < 4.78 is 5.19. The molecule has 1 aromatic carbocycles. The average Bonchev–Trinajstić information content (AvgIpc) is 2.37. The highest BCUT2D eigenvalue weighted by molar-refractivity contribution is 6.36. The fourth-order valence-electron chi connectivity index (χ4n) is 1.80. The van der Waals surface area contributed by atoms with Crippen molar-refractivity contribution in [1.82, 2.24) is 10.5 Å². The van der Waals surface area contributed by atoms with Gasteiger partial charge in [-0.1, -0.05) is 11.6 Å². The lowest BCUT2D eigenvalue weighted by molar-refractivity contribution is 0.0701. The molecular weight excluding hydrogens is 256 g/mol. The number of amides is 1. The van der Waals surface area contributed by atoms with Crippen LogP contribution in [0, 0.1) is 6.92 Å². The van der Waals surface area contributed by atoms with E-state index in [2.05, 4.69) is 4.98 Å². The van der Waals surface area contributed by atoms with E-state index in [1.807, 2.05) is 6.92 Å². The van der Waals surface area contributed by atoms with Gasteiger partial charge in [0.15, 0.2) is 0 Å². The summed E-state index contributed by atoms with van der Waals surface area (Å²) in [4.78, 5) is 15.6. The molecule has 0 aliphatic rings. The average molecular weight is 267 g/mol. The fraction of sp³-hybridized carbons (Fsp3) is 0.167. The number of pyridine rings is 1. The molecule has 0 radical (unpaired) electrons. The molecule has 1 aromatic heterocycles. The minimum Gasteiger partial charge on any atom is -0.494 e. The molecule has 2 aromatic rings. The highest BCUT2D eigenvalue weighted by Crippen LogP contribution is 2.32. The number of rotatable bonds is 2. The normalized spacial score (nSPS) is 10.4. The maximum absolute atomic E-state index is 11.4. The third-order valence-electron chi connectivity index (χ3n) is 2.62. The molecule has 5 nitrogen and oxygen atoms in total. The molecule has 6 heteroatoms. The van der Waals surface area contributed by atoms with Gasteiger partial charge in [0, 0.05) is 5.39 Å².